The number of aliphatic hydroxyl groups is 1. The lowest BCUT2D eigenvalue weighted by Crippen LogP contribution is -2.25. The van der Waals surface area contributed by atoms with Gasteiger partial charge in [-0.15, -0.1) is 0 Å². The largest absolute Gasteiger partial charge is 0.489 e. The maximum absolute atomic E-state index is 13.0. The maximum atomic E-state index is 13.0. The van der Waals surface area contributed by atoms with E-state index in [9.17, 15) is 14.7 Å². The number of rotatable bonds is 12. The van der Waals surface area contributed by atoms with E-state index in [1.54, 1.807) is 0 Å². The van der Waals surface area contributed by atoms with Gasteiger partial charge in [0.15, 0.2) is 0 Å². The van der Waals surface area contributed by atoms with Crippen molar-refractivity contribution in [2.45, 2.75) is 64.6 Å². The molecule has 0 aromatic heterocycles. The number of carbonyl (C=O) groups is 2. The Morgan fingerprint density at radius 3 is 2.08 bits per heavy atom. The van der Waals surface area contributed by atoms with Crippen molar-refractivity contribution >= 4 is 11.6 Å². The Kier molecular flexibility index (Phi) is 3.75. The Labute approximate surface area is 163 Å². The Morgan fingerprint density at radius 2 is 1.50 bits per heavy atom. The summed E-state index contributed by atoms with van der Waals surface area (Å²) < 4.78 is 105. The van der Waals surface area contributed by atoms with Crippen molar-refractivity contribution in [3.63, 3.8) is 0 Å². The molecule has 0 saturated heterocycles. The molecule has 0 heterocycles. The number of ketones is 2. The van der Waals surface area contributed by atoms with Crippen molar-refractivity contribution in [3.05, 3.63) is 22.7 Å². The first-order chi connectivity index (χ1) is 16.5. The lowest BCUT2D eigenvalue weighted by molar-refractivity contribution is -0.121. The van der Waals surface area contributed by atoms with Crippen LogP contribution in [0.5, 0.6) is 0 Å². The van der Waals surface area contributed by atoms with Gasteiger partial charge < -0.3 is 14.6 Å². The van der Waals surface area contributed by atoms with Crippen LogP contribution in [0.3, 0.4) is 0 Å². The SMILES string of the molecule is [2H]C([2H])([2H])OC1=C(OC([2H])([2H])[2H])C(=O)C(C([2H])([2H])[2H])=C(CCCCCCCCC([2H])([2H])C([2H])([2H])O)C1=O. The summed E-state index contributed by atoms with van der Waals surface area (Å²) in [5.41, 5.74) is -1.48. The number of methoxy groups -OCH3 is 2. The molecule has 0 unspecified atom stereocenters. The third kappa shape index (κ3) is 5.48. The molecule has 1 aliphatic carbocycles. The van der Waals surface area contributed by atoms with Gasteiger partial charge in [-0.1, -0.05) is 38.5 Å². The first kappa shape index (κ1) is 8.17. The summed E-state index contributed by atoms with van der Waals surface area (Å²) in [6.45, 7) is -6.09. The molecule has 0 aliphatic heterocycles. The van der Waals surface area contributed by atoms with Crippen LogP contribution in [0.25, 0.3) is 0 Å². The van der Waals surface area contributed by atoms with Crippen molar-refractivity contribution < 1.29 is 42.0 Å². The quantitative estimate of drug-likeness (QED) is 0.430. The fourth-order valence-electron chi connectivity index (χ4n) is 2.41. The molecule has 1 N–H and O–H groups in total. The highest BCUT2D eigenvalue weighted by Crippen LogP contribution is 2.28. The first-order valence-electron chi connectivity index (χ1n) is 14.2. The summed E-state index contributed by atoms with van der Waals surface area (Å²) in [7, 11) is -6.56. The zero-order valence-corrected chi connectivity index (χ0v) is 13.2. The van der Waals surface area contributed by atoms with Gasteiger partial charge in [0.2, 0.25) is 23.1 Å². The Balaban J connectivity index is 2.95. The number of unbranched alkanes of at least 4 members (excludes halogenated alkanes) is 5. The number of hydrogen-bond donors (Lipinski definition) is 1. The third-order valence-corrected chi connectivity index (χ3v) is 3.68. The molecule has 1 aliphatic rings. The first-order valence-corrected chi connectivity index (χ1v) is 7.66. The minimum Gasteiger partial charge on any atom is -0.489 e. The summed E-state index contributed by atoms with van der Waals surface area (Å²) >= 11 is 0. The van der Waals surface area contributed by atoms with Crippen LogP contribution in [0, 0.1) is 0 Å². The van der Waals surface area contributed by atoms with E-state index in [0.717, 1.165) is 0 Å². The summed E-state index contributed by atoms with van der Waals surface area (Å²) in [5.74, 6) is -5.23. The number of carbonyl (C=O) groups excluding carboxylic acids is 2. The van der Waals surface area contributed by atoms with E-state index in [2.05, 4.69) is 9.47 Å². The molecule has 5 heteroatoms. The molecule has 1 rings (SSSR count). The monoisotopic (exact) mass is 351 g/mol. The molecule has 0 fully saturated rings. The van der Waals surface area contributed by atoms with Gasteiger partial charge >= 0.3 is 0 Å². The van der Waals surface area contributed by atoms with E-state index >= 15 is 0 Å². The van der Waals surface area contributed by atoms with Crippen LogP contribution in [-0.2, 0) is 19.1 Å². The molecule has 5 nitrogen and oxygen atoms in total. The minimum absolute atomic E-state index is 0.193. The number of allylic oxidation sites excluding steroid dienone is 2. The van der Waals surface area contributed by atoms with Crippen molar-refractivity contribution in [1.29, 1.82) is 0 Å². The molecule has 0 amide bonds. The summed E-state index contributed by atoms with van der Waals surface area (Å²) in [4.78, 5) is 26.0. The van der Waals surface area contributed by atoms with Crippen molar-refractivity contribution in [2.24, 2.45) is 0 Å². The van der Waals surface area contributed by atoms with Gasteiger partial charge in [0.25, 0.3) is 0 Å². The highest BCUT2D eigenvalue weighted by molar-refractivity contribution is 6.23. The maximum Gasteiger partial charge on any atom is 0.228 e. The fourth-order valence-corrected chi connectivity index (χ4v) is 2.41. The van der Waals surface area contributed by atoms with E-state index in [-0.39, 0.29) is 19.3 Å². The lowest BCUT2D eigenvalue weighted by Gasteiger charge is -2.20. The van der Waals surface area contributed by atoms with Crippen molar-refractivity contribution in [3.8, 4) is 0 Å². The zero-order chi connectivity index (χ0) is 29.0. The van der Waals surface area contributed by atoms with Gasteiger partial charge in [-0.05, 0) is 26.1 Å². The number of ether oxygens (including phenoxy) is 2. The molecule has 0 radical (unpaired) electrons. The molecule has 0 spiro atoms. The minimum atomic E-state index is -3.30. The molecule has 0 aromatic rings. The average Bonchev–Trinajstić information content (AvgIpc) is 2.66. The van der Waals surface area contributed by atoms with E-state index < -0.39 is 68.1 Å². The Bertz CT molecular complexity index is 905. The molecule has 0 atom stereocenters. The van der Waals surface area contributed by atoms with Crippen LogP contribution in [0.15, 0.2) is 22.7 Å². The van der Waals surface area contributed by atoms with Crippen LogP contribution in [0.1, 0.15) is 82.4 Å². The van der Waals surface area contributed by atoms with Gasteiger partial charge in [0, 0.05) is 24.6 Å². The highest BCUT2D eigenvalue weighted by atomic mass is 16.5. The van der Waals surface area contributed by atoms with Gasteiger partial charge in [-0.2, -0.15) is 0 Å². The van der Waals surface area contributed by atoms with Crippen LogP contribution in [0.2, 0.25) is 0 Å². The predicted molar refractivity (Wildman–Crippen MR) is 92.4 cm³/mol. The predicted octanol–water partition coefficient (Wildman–Crippen LogP) is 3.46. The molecule has 0 bridgehead atoms. The number of hydrogen-bond acceptors (Lipinski definition) is 5. The van der Waals surface area contributed by atoms with Crippen LogP contribution in [0.4, 0.5) is 0 Å². The Morgan fingerprint density at radius 1 is 0.917 bits per heavy atom. The van der Waals surface area contributed by atoms with Crippen LogP contribution >= 0.6 is 0 Å². The second-order valence-electron chi connectivity index (χ2n) is 5.28. The normalized spacial score (nSPS) is 26.1. The van der Waals surface area contributed by atoms with E-state index in [0.29, 0.717) is 32.1 Å². The molecule has 0 saturated carbocycles. The smallest absolute Gasteiger partial charge is 0.228 e. The van der Waals surface area contributed by atoms with Crippen molar-refractivity contribution in [2.75, 3.05) is 20.6 Å². The third-order valence-electron chi connectivity index (χ3n) is 3.68. The van der Waals surface area contributed by atoms with Gasteiger partial charge in [0.1, 0.15) is 0 Å². The summed E-state index contributed by atoms with van der Waals surface area (Å²) in [6.07, 6.45) is -0.186. The van der Waals surface area contributed by atoms with E-state index in [1.807, 2.05) is 0 Å². The highest BCUT2D eigenvalue weighted by Gasteiger charge is 2.34. The van der Waals surface area contributed by atoms with Gasteiger partial charge in [-0.25, -0.2) is 0 Å². The second-order valence-corrected chi connectivity index (χ2v) is 5.28. The van der Waals surface area contributed by atoms with Gasteiger partial charge in [0.05, 0.1) is 25.0 Å². The fraction of sp³-hybridized carbons (Fsp3) is 0.684. The standard InChI is InChI=1S/C19H30O5/c1-14-15(12-10-8-6-4-5-7-9-11-13-20)17(22)19(24-3)18(23-2)16(14)21/h20H,4-13H2,1-3H3/i1D3,2D3,3D3,11D2,13D2. The Hall–Kier alpha value is -1.62. The molecule has 136 valence electrons. The lowest BCUT2D eigenvalue weighted by atomic mass is 9.89. The molecular weight excluding hydrogens is 308 g/mol. The second kappa shape index (κ2) is 11.0. The molecule has 0 aromatic carbocycles. The summed E-state index contributed by atoms with van der Waals surface area (Å²) in [6, 6.07) is 0. The topological polar surface area (TPSA) is 72.8 Å². The number of Topliss-reactive ketones (excluding diaryl/α,β-unsaturated/α-hetero) is 2. The van der Waals surface area contributed by atoms with Crippen molar-refractivity contribution in [1.82, 2.24) is 0 Å². The average molecular weight is 352 g/mol. The summed E-state index contributed by atoms with van der Waals surface area (Å²) in [5, 5.41) is 9.20. The van der Waals surface area contributed by atoms with Crippen LogP contribution < -0.4 is 0 Å². The van der Waals surface area contributed by atoms with Gasteiger partial charge in [-0.3, -0.25) is 9.59 Å². The zero-order valence-electron chi connectivity index (χ0n) is 26.2. The molecular formula is C19H30O5. The molecule has 24 heavy (non-hydrogen) atoms. The van der Waals surface area contributed by atoms with E-state index in [4.69, 9.17) is 17.8 Å². The van der Waals surface area contributed by atoms with Crippen LogP contribution in [-0.4, -0.2) is 37.3 Å². The van der Waals surface area contributed by atoms with E-state index in [1.165, 1.54) is 0 Å².